The second kappa shape index (κ2) is 6.86. The molecule has 0 radical (unpaired) electrons. The molecular weight excluding hydrogens is 385 g/mol. The van der Waals surface area contributed by atoms with Crippen molar-refractivity contribution in [3.8, 4) is 11.8 Å². The molecule has 1 atom stereocenters. The molecule has 3 nitrogen and oxygen atoms in total. The fraction of sp³-hybridized carbons (Fsp3) is 0.200. The second-order valence-electron chi connectivity index (χ2n) is 4.07. The number of Topliss-reactive ketones (excluding diaryl/α,β-unsaturated/α-hetero) is 1. The van der Waals surface area contributed by atoms with Crippen LogP contribution in [0.25, 0.3) is 0 Å². The van der Waals surface area contributed by atoms with Gasteiger partial charge in [0.1, 0.15) is 11.7 Å². The number of carbonyl (C=O) groups is 1. The number of rotatable bonds is 5. The Morgan fingerprint density at radius 1 is 1.45 bits per heavy atom. The molecule has 1 aromatic heterocycles. The molecule has 0 aliphatic rings. The molecular formula is C15H12INO2S. The Kier molecular flexibility index (Phi) is 5.15. The zero-order chi connectivity index (χ0) is 14.5. The first-order valence-corrected chi connectivity index (χ1v) is 8.02. The van der Waals surface area contributed by atoms with Crippen LogP contribution in [0.1, 0.15) is 28.8 Å². The van der Waals surface area contributed by atoms with Gasteiger partial charge in [-0.15, -0.1) is 11.3 Å². The van der Waals surface area contributed by atoms with Crippen molar-refractivity contribution in [2.75, 3.05) is 6.61 Å². The third kappa shape index (κ3) is 3.38. The van der Waals surface area contributed by atoms with Crippen molar-refractivity contribution in [1.29, 1.82) is 5.26 Å². The summed E-state index contributed by atoms with van der Waals surface area (Å²) in [6.07, 6.45) is 0. The highest BCUT2D eigenvalue weighted by Gasteiger charge is 2.22. The zero-order valence-corrected chi connectivity index (χ0v) is 13.8. The summed E-state index contributed by atoms with van der Waals surface area (Å²) in [7, 11) is 0. The molecule has 102 valence electrons. The smallest absolute Gasteiger partial charge is 0.185 e. The van der Waals surface area contributed by atoms with Crippen molar-refractivity contribution in [2.24, 2.45) is 0 Å². The van der Waals surface area contributed by atoms with Crippen LogP contribution in [0.5, 0.6) is 5.75 Å². The lowest BCUT2D eigenvalue weighted by molar-refractivity contribution is 0.0979. The average Bonchev–Trinajstić information content (AvgIpc) is 2.88. The molecule has 0 amide bonds. The van der Waals surface area contributed by atoms with Crippen LogP contribution in [0, 0.1) is 14.2 Å². The SMILES string of the molecule is CCOc1ccc(C(C#N)C(=O)c2csc(I)c2)cc1. The second-order valence-corrected chi connectivity index (χ2v) is 6.87. The maximum atomic E-state index is 12.3. The number of ether oxygens (including phenoxy) is 1. The van der Waals surface area contributed by atoms with Gasteiger partial charge in [-0.25, -0.2) is 0 Å². The van der Waals surface area contributed by atoms with Crippen molar-refractivity contribution < 1.29 is 9.53 Å². The van der Waals surface area contributed by atoms with Gasteiger partial charge in [-0.05, 0) is 53.3 Å². The summed E-state index contributed by atoms with van der Waals surface area (Å²) in [4.78, 5) is 12.3. The topological polar surface area (TPSA) is 50.1 Å². The van der Waals surface area contributed by atoms with Crippen LogP contribution in [0.15, 0.2) is 35.7 Å². The van der Waals surface area contributed by atoms with Crippen LogP contribution in [-0.4, -0.2) is 12.4 Å². The number of thiophene rings is 1. The van der Waals surface area contributed by atoms with E-state index in [1.165, 1.54) is 11.3 Å². The van der Waals surface area contributed by atoms with E-state index in [-0.39, 0.29) is 5.78 Å². The fourth-order valence-electron chi connectivity index (χ4n) is 1.81. The van der Waals surface area contributed by atoms with E-state index in [4.69, 9.17) is 4.74 Å². The lowest BCUT2D eigenvalue weighted by atomic mass is 9.93. The molecule has 5 heteroatoms. The van der Waals surface area contributed by atoms with Crippen LogP contribution >= 0.6 is 33.9 Å². The number of ketones is 1. The lowest BCUT2D eigenvalue weighted by Gasteiger charge is -2.09. The summed E-state index contributed by atoms with van der Waals surface area (Å²) in [5.41, 5.74) is 1.29. The summed E-state index contributed by atoms with van der Waals surface area (Å²) in [5, 5.41) is 11.1. The maximum Gasteiger partial charge on any atom is 0.185 e. The summed E-state index contributed by atoms with van der Waals surface area (Å²) >= 11 is 3.67. The quantitative estimate of drug-likeness (QED) is 0.560. The largest absolute Gasteiger partial charge is 0.494 e. The van der Waals surface area contributed by atoms with Gasteiger partial charge in [0.25, 0.3) is 0 Å². The van der Waals surface area contributed by atoms with E-state index in [0.29, 0.717) is 17.7 Å². The van der Waals surface area contributed by atoms with Crippen LogP contribution in [0.4, 0.5) is 0 Å². The molecule has 0 aliphatic heterocycles. The monoisotopic (exact) mass is 397 g/mol. The van der Waals surface area contributed by atoms with Crippen LogP contribution < -0.4 is 4.74 Å². The first kappa shape index (κ1) is 15.0. The highest BCUT2D eigenvalue weighted by molar-refractivity contribution is 14.1. The number of nitrogens with zero attached hydrogens (tertiary/aromatic N) is 1. The van der Waals surface area contributed by atoms with Gasteiger partial charge in [-0.2, -0.15) is 5.26 Å². The maximum absolute atomic E-state index is 12.3. The molecule has 20 heavy (non-hydrogen) atoms. The molecule has 0 N–H and O–H groups in total. The van der Waals surface area contributed by atoms with Crippen LogP contribution in [0.2, 0.25) is 0 Å². The molecule has 0 bridgehead atoms. The number of carbonyl (C=O) groups excluding carboxylic acids is 1. The molecule has 0 saturated carbocycles. The number of hydrogen-bond donors (Lipinski definition) is 0. The standard InChI is InChI=1S/C15H12INO2S/c1-2-19-12-5-3-10(4-6-12)13(8-17)15(18)11-7-14(16)20-9-11/h3-7,9,13H,2H2,1H3. The first-order valence-electron chi connectivity index (χ1n) is 6.06. The Morgan fingerprint density at radius 3 is 2.65 bits per heavy atom. The summed E-state index contributed by atoms with van der Waals surface area (Å²) in [6.45, 7) is 2.50. The van der Waals surface area contributed by atoms with Gasteiger partial charge in [0.05, 0.1) is 15.6 Å². The van der Waals surface area contributed by atoms with Crippen molar-refractivity contribution >= 4 is 39.7 Å². The minimum absolute atomic E-state index is 0.157. The first-order chi connectivity index (χ1) is 9.65. The minimum Gasteiger partial charge on any atom is -0.494 e. The van der Waals surface area contributed by atoms with E-state index in [1.54, 1.807) is 29.6 Å². The number of hydrogen-bond acceptors (Lipinski definition) is 4. The van der Waals surface area contributed by atoms with Gasteiger partial charge in [0.15, 0.2) is 5.78 Å². The summed E-state index contributed by atoms with van der Waals surface area (Å²) < 4.78 is 6.39. The molecule has 0 fully saturated rings. The predicted molar refractivity (Wildman–Crippen MR) is 87.3 cm³/mol. The van der Waals surface area contributed by atoms with Gasteiger partial charge >= 0.3 is 0 Å². The third-order valence-corrected chi connectivity index (χ3v) is 4.56. The summed E-state index contributed by atoms with van der Waals surface area (Å²) in [5.74, 6) is -0.183. The van der Waals surface area contributed by atoms with E-state index in [0.717, 1.165) is 8.63 Å². The lowest BCUT2D eigenvalue weighted by Crippen LogP contribution is -2.10. The Hall–Kier alpha value is -1.39. The van der Waals surface area contributed by atoms with Gasteiger partial charge in [-0.3, -0.25) is 4.79 Å². The van der Waals surface area contributed by atoms with Crippen molar-refractivity contribution in [2.45, 2.75) is 12.8 Å². The van der Waals surface area contributed by atoms with Gasteiger partial charge in [-0.1, -0.05) is 12.1 Å². The Labute approximate surface area is 135 Å². The molecule has 0 spiro atoms. The molecule has 1 unspecified atom stereocenters. The fourth-order valence-corrected chi connectivity index (χ4v) is 3.15. The number of benzene rings is 1. The van der Waals surface area contributed by atoms with Gasteiger partial charge in [0.2, 0.25) is 0 Å². The Bertz CT molecular complexity index is 643. The van der Waals surface area contributed by atoms with Crippen LogP contribution in [-0.2, 0) is 0 Å². The van der Waals surface area contributed by atoms with E-state index in [1.807, 2.05) is 13.0 Å². The Balaban J connectivity index is 2.24. The molecule has 2 rings (SSSR count). The van der Waals surface area contributed by atoms with E-state index in [2.05, 4.69) is 28.7 Å². The van der Waals surface area contributed by atoms with Crippen molar-refractivity contribution in [3.05, 3.63) is 49.7 Å². The van der Waals surface area contributed by atoms with E-state index < -0.39 is 5.92 Å². The average molecular weight is 397 g/mol. The predicted octanol–water partition coefficient (Wildman–Crippen LogP) is 4.24. The highest BCUT2D eigenvalue weighted by atomic mass is 127. The molecule has 1 heterocycles. The molecule has 2 aromatic rings. The van der Waals surface area contributed by atoms with Crippen molar-refractivity contribution in [3.63, 3.8) is 0 Å². The summed E-state index contributed by atoms with van der Waals surface area (Å²) in [6, 6.07) is 11.0. The minimum atomic E-state index is -0.768. The van der Waals surface area contributed by atoms with Gasteiger partial charge in [0, 0.05) is 10.9 Å². The molecule has 1 aromatic carbocycles. The zero-order valence-electron chi connectivity index (χ0n) is 10.8. The highest BCUT2D eigenvalue weighted by Crippen LogP contribution is 2.26. The van der Waals surface area contributed by atoms with Gasteiger partial charge < -0.3 is 4.74 Å². The molecule has 0 aliphatic carbocycles. The molecule has 0 saturated heterocycles. The van der Waals surface area contributed by atoms with Crippen molar-refractivity contribution in [1.82, 2.24) is 0 Å². The Morgan fingerprint density at radius 2 is 2.15 bits per heavy atom. The third-order valence-electron chi connectivity index (χ3n) is 2.77. The van der Waals surface area contributed by atoms with E-state index in [9.17, 15) is 10.1 Å². The van der Waals surface area contributed by atoms with E-state index >= 15 is 0 Å². The van der Waals surface area contributed by atoms with Crippen LogP contribution in [0.3, 0.4) is 0 Å². The number of nitriles is 1. The number of halogens is 1. The normalized spacial score (nSPS) is 11.7.